The lowest BCUT2D eigenvalue weighted by Crippen LogP contribution is -2.59. The number of carboxylic acid groups (broad SMARTS) is 1. The minimum Gasteiger partial charge on any atom is -0.481 e. The molecule has 0 bridgehead atoms. The van der Waals surface area contributed by atoms with Crippen LogP contribution in [0.3, 0.4) is 0 Å². The number of carboxylic acids is 1. The van der Waals surface area contributed by atoms with Crippen molar-refractivity contribution in [2.24, 2.45) is 10.8 Å². The van der Waals surface area contributed by atoms with E-state index in [1.165, 1.54) is 11.1 Å². The number of hydrogen-bond acceptors (Lipinski definition) is 4. The van der Waals surface area contributed by atoms with Crippen LogP contribution in [0.25, 0.3) is 11.1 Å². The first-order chi connectivity index (χ1) is 16.3. The van der Waals surface area contributed by atoms with E-state index in [9.17, 15) is 19.5 Å². The largest absolute Gasteiger partial charge is 0.481 e. The minimum absolute atomic E-state index is 0.0183. The zero-order valence-corrected chi connectivity index (χ0v) is 21.4. The van der Waals surface area contributed by atoms with Gasteiger partial charge in [0.1, 0.15) is 6.61 Å². The predicted octanol–water partition coefficient (Wildman–Crippen LogP) is 4.95. The van der Waals surface area contributed by atoms with E-state index >= 15 is 0 Å². The monoisotopic (exact) mass is 480 g/mol. The van der Waals surface area contributed by atoms with Gasteiger partial charge in [0, 0.05) is 23.4 Å². The maximum Gasteiger partial charge on any atom is 0.407 e. The Bertz CT molecular complexity index is 1070. The zero-order chi connectivity index (χ0) is 26.0. The number of aliphatic carboxylic acids is 1. The summed E-state index contributed by atoms with van der Waals surface area (Å²) in [5, 5.41) is 15.1. The second kappa shape index (κ2) is 9.72. The highest BCUT2D eigenvalue weighted by atomic mass is 16.5. The van der Waals surface area contributed by atoms with Gasteiger partial charge in [-0.05, 0) is 56.4 Å². The molecule has 188 valence electrons. The number of ether oxygens (including phenoxy) is 1. The van der Waals surface area contributed by atoms with Crippen LogP contribution in [0.4, 0.5) is 4.79 Å². The average molecular weight is 481 g/mol. The van der Waals surface area contributed by atoms with Crippen LogP contribution in [0.5, 0.6) is 0 Å². The summed E-state index contributed by atoms with van der Waals surface area (Å²) in [7, 11) is 0. The molecule has 0 spiro atoms. The Hall–Kier alpha value is -3.35. The molecule has 0 saturated heterocycles. The molecule has 0 aliphatic heterocycles. The molecule has 1 aliphatic carbocycles. The molecule has 7 nitrogen and oxygen atoms in total. The number of fused-ring (bicyclic) bond motifs is 3. The molecule has 0 fully saturated rings. The van der Waals surface area contributed by atoms with Crippen LogP contribution in [0.15, 0.2) is 48.5 Å². The van der Waals surface area contributed by atoms with Crippen molar-refractivity contribution in [1.82, 2.24) is 10.6 Å². The van der Waals surface area contributed by atoms with Crippen molar-refractivity contribution in [2.75, 3.05) is 13.2 Å². The van der Waals surface area contributed by atoms with Crippen molar-refractivity contribution < 1.29 is 24.2 Å². The van der Waals surface area contributed by atoms with Crippen molar-refractivity contribution in [3.8, 4) is 11.1 Å². The quantitative estimate of drug-likeness (QED) is 0.471. The van der Waals surface area contributed by atoms with Crippen LogP contribution in [0.1, 0.15) is 65.0 Å². The fourth-order valence-electron chi connectivity index (χ4n) is 4.12. The Morgan fingerprint density at radius 1 is 0.886 bits per heavy atom. The Kier molecular flexibility index (Phi) is 7.29. The number of benzene rings is 2. The first-order valence-corrected chi connectivity index (χ1v) is 11.9. The van der Waals surface area contributed by atoms with E-state index in [0.29, 0.717) is 6.42 Å². The van der Waals surface area contributed by atoms with Crippen molar-refractivity contribution in [3.63, 3.8) is 0 Å². The third kappa shape index (κ3) is 5.34. The molecule has 7 heteroatoms. The summed E-state index contributed by atoms with van der Waals surface area (Å²) in [5.74, 6) is -1.28. The van der Waals surface area contributed by atoms with Crippen LogP contribution in [0.2, 0.25) is 0 Å². The molecule has 0 saturated carbocycles. The Morgan fingerprint density at radius 3 is 1.91 bits per heavy atom. The number of rotatable bonds is 9. The van der Waals surface area contributed by atoms with Crippen LogP contribution in [-0.4, -0.2) is 41.8 Å². The van der Waals surface area contributed by atoms with Crippen molar-refractivity contribution in [2.45, 2.75) is 59.4 Å². The number of carbonyl (C=O) groups excluding carboxylic acids is 2. The number of nitrogens with one attached hydrogen (secondary N) is 2. The van der Waals surface area contributed by atoms with E-state index in [-0.39, 0.29) is 25.0 Å². The molecule has 0 heterocycles. The van der Waals surface area contributed by atoms with Gasteiger partial charge in [-0.3, -0.25) is 9.59 Å². The zero-order valence-electron chi connectivity index (χ0n) is 21.4. The summed E-state index contributed by atoms with van der Waals surface area (Å²) < 4.78 is 5.55. The standard InChI is InChI=1S/C28H36N2O5/c1-26(2,23(31)30-28(5,6)27(3,4)24(32)33)15-16-29-25(34)35-17-22-20-13-9-7-11-18(20)19-12-8-10-14-21(19)22/h7-14,22H,15-17H2,1-6H3,(H,29,34)(H,30,31)(H,32,33). The Morgan fingerprint density at radius 2 is 1.40 bits per heavy atom. The molecule has 2 aromatic carbocycles. The maximum atomic E-state index is 12.9. The highest BCUT2D eigenvalue weighted by molar-refractivity contribution is 5.84. The van der Waals surface area contributed by atoms with E-state index in [1.54, 1.807) is 41.5 Å². The van der Waals surface area contributed by atoms with E-state index in [2.05, 4.69) is 34.9 Å². The topological polar surface area (TPSA) is 105 Å². The van der Waals surface area contributed by atoms with Gasteiger partial charge < -0.3 is 20.5 Å². The second-order valence-electron chi connectivity index (χ2n) is 10.9. The Balaban J connectivity index is 1.52. The molecule has 2 amide bonds. The van der Waals surface area contributed by atoms with E-state index in [1.807, 2.05) is 24.3 Å². The summed E-state index contributed by atoms with van der Waals surface area (Å²) in [5.41, 5.74) is 1.68. The van der Waals surface area contributed by atoms with Gasteiger partial charge in [-0.15, -0.1) is 0 Å². The van der Waals surface area contributed by atoms with Gasteiger partial charge in [0.05, 0.1) is 5.41 Å². The van der Waals surface area contributed by atoms with Gasteiger partial charge in [-0.2, -0.15) is 0 Å². The first-order valence-electron chi connectivity index (χ1n) is 11.9. The normalized spacial score (nSPS) is 13.5. The SMILES string of the molecule is CC(C)(CCNC(=O)OCC1c2ccccc2-c2ccccc21)C(=O)NC(C)(C)C(C)(C)C(=O)O. The Labute approximate surface area is 207 Å². The summed E-state index contributed by atoms with van der Waals surface area (Å²) >= 11 is 0. The second-order valence-corrected chi connectivity index (χ2v) is 10.9. The molecule has 3 N–H and O–H groups in total. The lowest BCUT2D eigenvalue weighted by Gasteiger charge is -2.41. The van der Waals surface area contributed by atoms with Gasteiger partial charge in [-0.1, -0.05) is 62.4 Å². The number of carbonyl (C=O) groups is 3. The molecule has 0 radical (unpaired) electrons. The minimum atomic E-state index is -1.15. The average Bonchev–Trinajstić information content (AvgIpc) is 3.11. The predicted molar refractivity (Wildman–Crippen MR) is 135 cm³/mol. The first kappa shape index (κ1) is 26.3. The molecule has 1 aliphatic rings. The maximum absolute atomic E-state index is 12.9. The molecular formula is C28H36N2O5. The van der Waals surface area contributed by atoms with Crippen LogP contribution >= 0.6 is 0 Å². The highest BCUT2D eigenvalue weighted by Gasteiger charge is 2.46. The van der Waals surface area contributed by atoms with Gasteiger partial charge in [0.15, 0.2) is 0 Å². The van der Waals surface area contributed by atoms with Crippen molar-refractivity contribution in [3.05, 3.63) is 59.7 Å². The van der Waals surface area contributed by atoms with Gasteiger partial charge >= 0.3 is 12.1 Å². The lowest BCUT2D eigenvalue weighted by atomic mass is 9.73. The van der Waals surface area contributed by atoms with Crippen LogP contribution < -0.4 is 10.6 Å². The van der Waals surface area contributed by atoms with Gasteiger partial charge in [0.2, 0.25) is 5.91 Å². The van der Waals surface area contributed by atoms with Crippen molar-refractivity contribution in [1.29, 1.82) is 0 Å². The van der Waals surface area contributed by atoms with Crippen molar-refractivity contribution >= 4 is 18.0 Å². The third-order valence-corrected chi connectivity index (χ3v) is 7.50. The lowest BCUT2D eigenvalue weighted by molar-refractivity contribution is -0.152. The summed E-state index contributed by atoms with van der Waals surface area (Å²) in [6, 6.07) is 16.3. The molecular weight excluding hydrogens is 444 g/mol. The van der Waals surface area contributed by atoms with E-state index in [4.69, 9.17) is 4.74 Å². The van der Waals surface area contributed by atoms with Gasteiger partial charge in [-0.25, -0.2) is 4.79 Å². The van der Waals surface area contributed by atoms with Crippen LogP contribution in [-0.2, 0) is 14.3 Å². The third-order valence-electron chi connectivity index (χ3n) is 7.50. The summed E-state index contributed by atoms with van der Waals surface area (Å²) in [4.78, 5) is 37.0. The van der Waals surface area contributed by atoms with Crippen LogP contribution in [0, 0.1) is 10.8 Å². The molecule has 0 unspecified atom stereocenters. The number of amides is 2. The van der Waals surface area contributed by atoms with E-state index < -0.39 is 28.4 Å². The fourth-order valence-corrected chi connectivity index (χ4v) is 4.12. The fraction of sp³-hybridized carbons (Fsp3) is 0.464. The summed E-state index contributed by atoms with van der Waals surface area (Å²) in [6.45, 7) is 10.6. The molecule has 0 aromatic heterocycles. The number of alkyl carbamates (subject to hydrolysis) is 1. The van der Waals surface area contributed by atoms with Gasteiger partial charge in [0.25, 0.3) is 0 Å². The molecule has 2 aromatic rings. The summed E-state index contributed by atoms with van der Waals surface area (Å²) in [6.07, 6.45) is -0.164. The van der Waals surface area contributed by atoms with E-state index in [0.717, 1.165) is 11.1 Å². The molecule has 35 heavy (non-hydrogen) atoms. The highest BCUT2D eigenvalue weighted by Crippen LogP contribution is 2.44. The number of hydrogen-bond donors (Lipinski definition) is 3. The molecule has 0 atom stereocenters. The molecule has 3 rings (SSSR count). The smallest absolute Gasteiger partial charge is 0.407 e.